The number of ether oxygens (including phenoxy) is 4. The van der Waals surface area contributed by atoms with Gasteiger partial charge in [0.2, 0.25) is 0 Å². The molecule has 5 heteroatoms. The van der Waals surface area contributed by atoms with Crippen molar-refractivity contribution in [3.63, 3.8) is 0 Å². The molecule has 1 aliphatic carbocycles. The summed E-state index contributed by atoms with van der Waals surface area (Å²) in [5.41, 5.74) is 0.565. The number of rotatable bonds is 2. The second-order valence-electron chi connectivity index (χ2n) is 6.64. The summed E-state index contributed by atoms with van der Waals surface area (Å²) in [6.45, 7) is 4.90. The summed E-state index contributed by atoms with van der Waals surface area (Å²) in [6, 6.07) is 9.04. The van der Waals surface area contributed by atoms with Gasteiger partial charge in [0.05, 0.1) is 36.9 Å². The van der Waals surface area contributed by atoms with Gasteiger partial charge in [-0.25, -0.2) is 4.79 Å². The number of carbonyl (C=O) groups excluding carboxylic acids is 1. The molecule has 4 rings (SSSR count). The summed E-state index contributed by atoms with van der Waals surface area (Å²) in [5, 5.41) is 0. The molecule has 3 fully saturated rings. The molecule has 2 heterocycles. The first-order valence-corrected chi connectivity index (χ1v) is 7.74. The average Bonchev–Trinajstić information content (AvgIpc) is 2.84. The van der Waals surface area contributed by atoms with Crippen LogP contribution in [0.15, 0.2) is 30.3 Å². The van der Waals surface area contributed by atoms with Gasteiger partial charge in [-0.2, -0.15) is 0 Å². The summed E-state index contributed by atoms with van der Waals surface area (Å²) in [7, 11) is 0. The molecule has 3 aliphatic rings. The number of fused-ring (bicyclic) bond motifs is 4. The highest BCUT2D eigenvalue weighted by Gasteiger charge is 2.63. The Morgan fingerprint density at radius 2 is 1.95 bits per heavy atom. The Labute approximate surface area is 129 Å². The monoisotopic (exact) mass is 304 g/mol. The maximum absolute atomic E-state index is 12.2. The van der Waals surface area contributed by atoms with Gasteiger partial charge in [0.15, 0.2) is 5.79 Å². The molecule has 0 spiro atoms. The molecule has 0 aromatic heterocycles. The molecule has 118 valence electrons. The molecule has 0 N–H and O–H groups in total. The second-order valence-corrected chi connectivity index (χ2v) is 6.64. The van der Waals surface area contributed by atoms with Crippen molar-refractivity contribution in [2.24, 2.45) is 11.8 Å². The van der Waals surface area contributed by atoms with E-state index in [4.69, 9.17) is 18.9 Å². The fourth-order valence-electron chi connectivity index (χ4n) is 3.68. The van der Waals surface area contributed by atoms with Crippen molar-refractivity contribution in [1.82, 2.24) is 0 Å². The average molecular weight is 304 g/mol. The van der Waals surface area contributed by atoms with Crippen LogP contribution in [-0.4, -0.2) is 43.3 Å². The largest absolute Gasteiger partial charge is 0.456 e. The number of hydrogen-bond donors (Lipinski definition) is 0. The summed E-state index contributed by atoms with van der Waals surface area (Å²) < 4.78 is 23.2. The van der Waals surface area contributed by atoms with Crippen LogP contribution in [0.4, 0.5) is 0 Å². The Bertz CT molecular complexity index is 570. The first-order valence-electron chi connectivity index (χ1n) is 7.74. The molecule has 1 saturated carbocycles. The van der Waals surface area contributed by atoms with Crippen molar-refractivity contribution in [3.8, 4) is 0 Å². The van der Waals surface area contributed by atoms with Crippen molar-refractivity contribution in [2.75, 3.05) is 13.2 Å². The lowest BCUT2D eigenvalue weighted by molar-refractivity contribution is -0.350. The van der Waals surface area contributed by atoms with Crippen LogP contribution >= 0.6 is 0 Å². The minimum absolute atomic E-state index is 0.0461. The van der Waals surface area contributed by atoms with Crippen molar-refractivity contribution in [3.05, 3.63) is 35.9 Å². The van der Waals surface area contributed by atoms with Crippen molar-refractivity contribution in [1.29, 1.82) is 0 Å². The van der Waals surface area contributed by atoms with Gasteiger partial charge in [-0.05, 0) is 26.0 Å². The van der Waals surface area contributed by atoms with Crippen molar-refractivity contribution in [2.45, 2.75) is 37.9 Å². The Morgan fingerprint density at radius 3 is 2.73 bits per heavy atom. The third-order valence-electron chi connectivity index (χ3n) is 4.80. The normalized spacial score (nSPS) is 38.5. The summed E-state index contributed by atoms with van der Waals surface area (Å²) in [6.07, 6.45) is -0.118. The summed E-state index contributed by atoms with van der Waals surface area (Å²) in [5.74, 6) is -0.521. The summed E-state index contributed by atoms with van der Waals surface area (Å²) >= 11 is 0. The Hall–Kier alpha value is -1.43. The highest BCUT2D eigenvalue weighted by molar-refractivity contribution is 5.89. The molecule has 2 saturated heterocycles. The first kappa shape index (κ1) is 14.2. The van der Waals surface area contributed by atoms with Gasteiger partial charge in [0, 0.05) is 5.92 Å². The Kier molecular flexibility index (Phi) is 3.25. The van der Waals surface area contributed by atoms with E-state index in [1.807, 2.05) is 32.0 Å². The molecule has 1 aromatic carbocycles. The molecule has 0 bridgehead atoms. The Balaban J connectivity index is 1.45. The molecule has 22 heavy (non-hydrogen) atoms. The first-order chi connectivity index (χ1) is 10.6. The van der Waals surface area contributed by atoms with Gasteiger partial charge in [-0.3, -0.25) is 0 Å². The topological polar surface area (TPSA) is 54.0 Å². The zero-order valence-electron chi connectivity index (χ0n) is 12.7. The van der Waals surface area contributed by atoms with E-state index < -0.39 is 5.79 Å². The quantitative estimate of drug-likeness (QED) is 0.782. The molecule has 4 unspecified atom stereocenters. The maximum Gasteiger partial charge on any atom is 0.338 e. The van der Waals surface area contributed by atoms with E-state index in [9.17, 15) is 4.79 Å². The molecule has 5 atom stereocenters. The van der Waals surface area contributed by atoms with Gasteiger partial charge in [0.1, 0.15) is 6.10 Å². The highest BCUT2D eigenvalue weighted by Crippen LogP contribution is 2.50. The molecule has 5 nitrogen and oxygen atoms in total. The maximum atomic E-state index is 12.2. The van der Waals surface area contributed by atoms with E-state index in [0.717, 1.165) is 0 Å². The van der Waals surface area contributed by atoms with Crippen LogP contribution in [0, 0.1) is 11.8 Å². The summed E-state index contributed by atoms with van der Waals surface area (Å²) in [4.78, 5) is 12.2. The lowest BCUT2D eigenvalue weighted by Crippen LogP contribution is -2.65. The van der Waals surface area contributed by atoms with Crippen LogP contribution in [-0.2, 0) is 18.9 Å². The minimum atomic E-state index is -0.581. The third-order valence-corrected chi connectivity index (χ3v) is 4.80. The minimum Gasteiger partial charge on any atom is -0.456 e. The lowest BCUT2D eigenvalue weighted by atomic mass is 9.67. The van der Waals surface area contributed by atoms with E-state index in [1.165, 1.54) is 0 Å². The van der Waals surface area contributed by atoms with Crippen LogP contribution in [0.1, 0.15) is 24.2 Å². The zero-order chi connectivity index (χ0) is 15.3. The van der Waals surface area contributed by atoms with Gasteiger partial charge in [-0.1, -0.05) is 18.2 Å². The van der Waals surface area contributed by atoms with E-state index in [-0.39, 0.29) is 36.1 Å². The van der Waals surface area contributed by atoms with E-state index in [0.29, 0.717) is 18.8 Å². The Morgan fingerprint density at radius 1 is 1.18 bits per heavy atom. The van der Waals surface area contributed by atoms with E-state index in [1.54, 1.807) is 12.1 Å². The van der Waals surface area contributed by atoms with Crippen LogP contribution in [0.3, 0.4) is 0 Å². The molecule has 0 amide bonds. The van der Waals surface area contributed by atoms with Crippen LogP contribution in [0.2, 0.25) is 0 Å². The number of hydrogen-bond acceptors (Lipinski definition) is 5. The number of esters is 1. The number of benzene rings is 1. The predicted molar refractivity (Wildman–Crippen MR) is 77.3 cm³/mol. The van der Waals surface area contributed by atoms with Gasteiger partial charge in [0.25, 0.3) is 0 Å². The fraction of sp³-hybridized carbons (Fsp3) is 0.588. The predicted octanol–water partition coefficient (Wildman–Crippen LogP) is 2.01. The van der Waals surface area contributed by atoms with Gasteiger partial charge in [-0.15, -0.1) is 0 Å². The second kappa shape index (κ2) is 5.05. The fourth-order valence-corrected chi connectivity index (χ4v) is 3.68. The molecule has 0 radical (unpaired) electrons. The van der Waals surface area contributed by atoms with Crippen molar-refractivity contribution < 1.29 is 23.7 Å². The SMILES string of the molecule is CC1(C)OCC2C3OCC(OC(=O)c4ccccc4)C3[C@@H]2O1. The zero-order valence-corrected chi connectivity index (χ0v) is 12.7. The van der Waals surface area contributed by atoms with Gasteiger partial charge >= 0.3 is 5.97 Å². The van der Waals surface area contributed by atoms with Gasteiger partial charge < -0.3 is 18.9 Å². The lowest BCUT2D eigenvalue weighted by Gasteiger charge is -2.54. The standard InChI is InChI=1S/C17H20O5/c1-17(2)20-8-11-14-13(15(11)22-17)12(9-19-14)21-16(18)10-6-4-3-5-7-10/h3-7,11-15H,8-9H2,1-2H3/t11?,12?,13?,14?,15-/m1/s1. The molecular weight excluding hydrogens is 284 g/mol. The van der Waals surface area contributed by atoms with Crippen LogP contribution in [0.5, 0.6) is 0 Å². The highest BCUT2D eigenvalue weighted by atomic mass is 16.7. The molecule has 2 aliphatic heterocycles. The van der Waals surface area contributed by atoms with Crippen LogP contribution < -0.4 is 0 Å². The van der Waals surface area contributed by atoms with Crippen molar-refractivity contribution >= 4 is 5.97 Å². The van der Waals surface area contributed by atoms with Crippen LogP contribution in [0.25, 0.3) is 0 Å². The molecule has 1 aromatic rings. The third kappa shape index (κ3) is 2.24. The number of carbonyl (C=O) groups is 1. The van der Waals surface area contributed by atoms with E-state index >= 15 is 0 Å². The van der Waals surface area contributed by atoms with E-state index in [2.05, 4.69) is 0 Å². The smallest absolute Gasteiger partial charge is 0.338 e. The molecular formula is C17H20O5.